The van der Waals surface area contributed by atoms with E-state index in [-0.39, 0.29) is 0 Å². The lowest BCUT2D eigenvalue weighted by molar-refractivity contribution is 0.665. The molecule has 2 aromatic rings. The third-order valence-electron chi connectivity index (χ3n) is 3.21. The molecule has 0 spiro atoms. The van der Waals surface area contributed by atoms with E-state index in [2.05, 4.69) is 10.4 Å². The van der Waals surface area contributed by atoms with Gasteiger partial charge in [-0.1, -0.05) is 17.7 Å². The highest BCUT2D eigenvalue weighted by atomic mass is 35.5. The third kappa shape index (κ3) is 2.57. The van der Waals surface area contributed by atoms with E-state index in [1.54, 1.807) is 0 Å². The number of aromatic nitrogens is 2. The number of rotatable bonds is 4. The highest BCUT2D eigenvalue weighted by Gasteiger charge is 2.20. The molecule has 0 saturated heterocycles. The molecule has 94 valence electrons. The standard InChI is InChI=1S/C14H16ClN3/c1-10-2-5-13(8-14(10)15)18-7-6-12(17-18)9-16-11-3-4-11/h2,5-8,11,16H,3-4,9H2,1H3. The van der Waals surface area contributed by atoms with E-state index in [1.165, 1.54) is 12.8 Å². The van der Waals surface area contributed by atoms with Crippen LogP contribution in [0.1, 0.15) is 24.1 Å². The minimum atomic E-state index is 0.712. The van der Waals surface area contributed by atoms with Crippen LogP contribution < -0.4 is 5.32 Å². The smallest absolute Gasteiger partial charge is 0.0766 e. The molecule has 1 N–H and O–H groups in total. The van der Waals surface area contributed by atoms with Gasteiger partial charge < -0.3 is 5.32 Å². The number of nitrogens with zero attached hydrogens (tertiary/aromatic N) is 2. The van der Waals surface area contributed by atoms with Crippen LogP contribution in [0, 0.1) is 6.92 Å². The first-order valence-corrected chi connectivity index (χ1v) is 6.64. The van der Waals surface area contributed by atoms with Gasteiger partial charge in [-0.3, -0.25) is 0 Å². The van der Waals surface area contributed by atoms with E-state index >= 15 is 0 Å². The number of nitrogens with one attached hydrogen (secondary N) is 1. The number of hydrogen-bond acceptors (Lipinski definition) is 2. The van der Waals surface area contributed by atoms with Crippen LogP contribution in [0.4, 0.5) is 0 Å². The Morgan fingerprint density at radius 3 is 2.94 bits per heavy atom. The van der Waals surface area contributed by atoms with Crippen LogP contribution in [-0.4, -0.2) is 15.8 Å². The molecule has 4 heteroatoms. The minimum Gasteiger partial charge on any atom is -0.308 e. The predicted octanol–water partition coefficient (Wildman–Crippen LogP) is 3.09. The zero-order chi connectivity index (χ0) is 12.5. The van der Waals surface area contributed by atoms with Gasteiger partial charge in [0, 0.05) is 23.8 Å². The van der Waals surface area contributed by atoms with E-state index in [0.29, 0.717) is 6.04 Å². The maximum atomic E-state index is 6.13. The van der Waals surface area contributed by atoms with Crippen molar-refractivity contribution in [3.05, 3.63) is 46.7 Å². The maximum Gasteiger partial charge on any atom is 0.0766 e. The first-order chi connectivity index (χ1) is 8.72. The summed E-state index contributed by atoms with van der Waals surface area (Å²) in [6.45, 7) is 2.84. The summed E-state index contributed by atoms with van der Waals surface area (Å²) in [5, 5.41) is 8.78. The number of benzene rings is 1. The summed E-state index contributed by atoms with van der Waals surface area (Å²) >= 11 is 6.13. The highest BCUT2D eigenvalue weighted by molar-refractivity contribution is 6.31. The molecule has 3 nitrogen and oxygen atoms in total. The molecule has 0 amide bonds. The van der Waals surface area contributed by atoms with Gasteiger partial charge in [0.25, 0.3) is 0 Å². The fourth-order valence-corrected chi connectivity index (χ4v) is 2.04. The van der Waals surface area contributed by atoms with E-state index in [1.807, 2.05) is 42.1 Å². The molecule has 1 saturated carbocycles. The van der Waals surface area contributed by atoms with Gasteiger partial charge in [0.15, 0.2) is 0 Å². The Morgan fingerprint density at radius 1 is 1.39 bits per heavy atom. The molecule has 18 heavy (non-hydrogen) atoms. The van der Waals surface area contributed by atoms with Crippen LogP contribution in [0.15, 0.2) is 30.5 Å². The van der Waals surface area contributed by atoms with E-state index < -0.39 is 0 Å². The van der Waals surface area contributed by atoms with Gasteiger partial charge in [-0.25, -0.2) is 4.68 Å². The van der Waals surface area contributed by atoms with Crippen LogP contribution in [0.25, 0.3) is 5.69 Å². The number of aryl methyl sites for hydroxylation is 1. The molecule has 0 radical (unpaired) electrons. The van der Waals surface area contributed by atoms with Crippen molar-refractivity contribution in [1.82, 2.24) is 15.1 Å². The lowest BCUT2D eigenvalue weighted by Crippen LogP contribution is -2.15. The zero-order valence-electron chi connectivity index (χ0n) is 10.4. The van der Waals surface area contributed by atoms with Crippen molar-refractivity contribution in [1.29, 1.82) is 0 Å². The van der Waals surface area contributed by atoms with Crippen molar-refractivity contribution in [2.75, 3.05) is 0 Å². The fourth-order valence-electron chi connectivity index (χ4n) is 1.86. The maximum absolute atomic E-state index is 6.13. The van der Waals surface area contributed by atoms with Crippen molar-refractivity contribution in [2.45, 2.75) is 32.4 Å². The SMILES string of the molecule is Cc1ccc(-n2ccc(CNC3CC3)n2)cc1Cl. The van der Waals surface area contributed by atoms with Crippen LogP contribution in [0.3, 0.4) is 0 Å². The Bertz CT molecular complexity index is 558. The molecule has 0 atom stereocenters. The summed E-state index contributed by atoms with van der Waals surface area (Å²) in [7, 11) is 0. The van der Waals surface area contributed by atoms with Crippen molar-refractivity contribution in [2.24, 2.45) is 0 Å². The van der Waals surface area contributed by atoms with Crippen LogP contribution in [0.5, 0.6) is 0 Å². The monoisotopic (exact) mass is 261 g/mol. The number of hydrogen-bond donors (Lipinski definition) is 1. The lowest BCUT2D eigenvalue weighted by atomic mass is 10.2. The van der Waals surface area contributed by atoms with E-state index in [4.69, 9.17) is 11.6 Å². The molecule has 0 aliphatic heterocycles. The third-order valence-corrected chi connectivity index (χ3v) is 3.62. The summed E-state index contributed by atoms with van der Waals surface area (Å²) in [5.41, 5.74) is 3.16. The molecule has 0 unspecified atom stereocenters. The average Bonchev–Trinajstić information content (AvgIpc) is 3.08. The molecule has 1 aromatic carbocycles. The molecule has 1 aliphatic carbocycles. The first kappa shape index (κ1) is 11.8. The van der Waals surface area contributed by atoms with Gasteiger partial charge in [-0.05, 0) is 43.5 Å². The van der Waals surface area contributed by atoms with Gasteiger partial charge >= 0.3 is 0 Å². The molecule has 0 bridgehead atoms. The second-order valence-electron chi connectivity index (χ2n) is 4.84. The number of halogens is 1. The summed E-state index contributed by atoms with van der Waals surface area (Å²) in [5.74, 6) is 0. The summed E-state index contributed by atoms with van der Waals surface area (Å²) in [4.78, 5) is 0. The summed E-state index contributed by atoms with van der Waals surface area (Å²) in [6, 6.07) is 8.75. The summed E-state index contributed by atoms with van der Waals surface area (Å²) < 4.78 is 1.87. The largest absolute Gasteiger partial charge is 0.308 e. The Morgan fingerprint density at radius 2 is 2.22 bits per heavy atom. The Hall–Kier alpha value is -1.32. The van der Waals surface area contributed by atoms with E-state index in [0.717, 1.165) is 28.5 Å². The predicted molar refractivity (Wildman–Crippen MR) is 73.2 cm³/mol. The summed E-state index contributed by atoms with van der Waals surface area (Å²) in [6.07, 6.45) is 4.58. The van der Waals surface area contributed by atoms with Crippen molar-refractivity contribution in [3.8, 4) is 5.69 Å². The van der Waals surface area contributed by atoms with Crippen molar-refractivity contribution in [3.63, 3.8) is 0 Å². The molecular formula is C14H16ClN3. The molecule has 1 heterocycles. The van der Waals surface area contributed by atoms with Gasteiger partial charge in [-0.2, -0.15) is 5.10 Å². The Labute approximate surface area is 112 Å². The normalized spacial score (nSPS) is 15.0. The fraction of sp³-hybridized carbons (Fsp3) is 0.357. The average molecular weight is 262 g/mol. The minimum absolute atomic E-state index is 0.712. The Balaban J connectivity index is 1.76. The second kappa shape index (κ2) is 4.75. The van der Waals surface area contributed by atoms with Crippen LogP contribution >= 0.6 is 11.6 Å². The van der Waals surface area contributed by atoms with Crippen molar-refractivity contribution < 1.29 is 0 Å². The zero-order valence-corrected chi connectivity index (χ0v) is 11.1. The highest BCUT2D eigenvalue weighted by Crippen LogP contribution is 2.20. The quantitative estimate of drug-likeness (QED) is 0.917. The van der Waals surface area contributed by atoms with E-state index in [9.17, 15) is 0 Å². The van der Waals surface area contributed by atoms with Gasteiger partial charge in [-0.15, -0.1) is 0 Å². The molecule has 3 rings (SSSR count). The molecule has 1 aliphatic rings. The molecule has 1 aromatic heterocycles. The molecule has 1 fully saturated rings. The Kier molecular flexibility index (Phi) is 3.10. The van der Waals surface area contributed by atoms with Gasteiger partial charge in [0.05, 0.1) is 11.4 Å². The van der Waals surface area contributed by atoms with Gasteiger partial charge in [0.1, 0.15) is 0 Å². The molecular weight excluding hydrogens is 246 g/mol. The van der Waals surface area contributed by atoms with Crippen LogP contribution in [0.2, 0.25) is 5.02 Å². The topological polar surface area (TPSA) is 29.9 Å². The first-order valence-electron chi connectivity index (χ1n) is 6.27. The van der Waals surface area contributed by atoms with Gasteiger partial charge in [0.2, 0.25) is 0 Å². The van der Waals surface area contributed by atoms with Crippen LogP contribution in [-0.2, 0) is 6.54 Å². The lowest BCUT2D eigenvalue weighted by Gasteiger charge is -2.04. The second-order valence-corrected chi connectivity index (χ2v) is 5.25. The van der Waals surface area contributed by atoms with Crippen molar-refractivity contribution >= 4 is 11.6 Å².